The quantitative estimate of drug-likeness (QED) is 0.346. The molecule has 2 aromatic carbocycles. The van der Waals surface area contributed by atoms with Gasteiger partial charge in [0.05, 0.1) is 20.9 Å². The van der Waals surface area contributed by atoms with Gasteiger partial charge in [0.15, 0.2) is 15.0 Å². The van der Waals surface area contributed by atoms with Crippen LogP contribution in [0.4, 0.5) is 9.52 Å². The number of amides is 1. The molecule has 6 nitrogen and oxygen atoms in total. The highest BCUT2D eigenvalue weighted by molar-refractivity contribution is 7.91. The molecule has 1 aromatic heterocycles. The summed E-state index contributed by atoms with van der Waals surface area (Å²) in [5, 5.41) is 0.582. The van der Waals surface area contributed by atoms with Crippen molar-refractivity contribution >= 4 is 54.8 Å². The van der Waals surface area contributed by atoms with Gasteiger partial charge in [0.1, 0.15) is 5.82 Å². The minimum atomic E-state index is -3.71. The van der Waals surface area contributed by atoms with Gasteiger partial charge in [0, 0.05) is 19.5 Å². The van der Waals surface area contributed by atoms with E-state index in [9.17, 15) is 17.6 Å². The Labute approximate surface area is 211 Å². The van der Waals surface area contributed by atoms with Gasteiger partial charge >= 0.3 is 0 Å². The lowest BCUT2D eigenvalue weighted by Crippen LogP contribution is -2.39. The Balaban J connectivity index is 0.00000408. The number of aryl methyl sites for hydroxylation is 2. The molecule has 1 amide bonds. The van der Waals surface area contributed by atoms with Crippen LogP contribution in [0.2, 0.25) is 0 Å². The molecule has 0 spiro atoms. The Morgan fingerprint density at radius 1 is 1.00 bits per heavy atom. The average Bonchev–Trinajstić information content (AvgIpc) is 3.24. The molecule has 0 radical (unpaired) electrons. The summed E-state index contributed by atoms with van der Waals surface area (Å²) < 4.78 is 39.6. The van der Waals surface area contributed by atoms with Crippen molar-refractivity contribution in [2.24, 2.45) is 0 Å². The summed E-state index contributed by atoms with van der Waals surface area (Å²) in [6, 6.07) is 8.72. The number of nitrogens with zero attached hydrogens (tertiary/aromatic N) is 3. The monoisotopic (exact) mass is 527 g/mol. The Hall–Kier alpha value is -2.07. The summed E-state index contributed by atoms with van der Waals surface area (Å²) in [4.78, 5) is 21.8. The number of rotatable bonds is 10. The predicted octanol–water partition coefficient (Wildman–Crippen LogP) is 5.01. The highest BCUT2D eigenvalue weighted by atomic mass is 35.5. The van der Waals surface area contributed by atoms with E-state index in [1.54, 1.807) is 4.90 Å². The summed E-state index contributed by atoms with van der Waals surface area (Å²) >= 11 is 1.46. The molecule has 0 aliphatic heterocycles. The van der Waals surface area contributed by atoms with E-state index in [1.165, 1.54) is 23.5 Å². The number of carbonyl (C=O) groups excluding carboxylic acids is 1. The van der Waals surface area contributed by atoms with Gasteiger partial charge in [-0.3, -0.25) is 9.69 Å². The van der Waals surface area contributed by atoms with E-state index in [-0.39, 0.29) is 35.4 Å². The van der Waals surface area contributed by atoms with Crippen molar-refractivity contribution in [1.29, 1.82) is 0 Å². The average molecular weight is 528 g/mol. The third kappa shape index (κ3) is 6.53. The molecule has 10 heteroatoms. The van der Waals surface area contributed by atoms with Crippen LogP contribution in [-0.4, -0.2) is 56.1 Å². The normalized spacial score (nSPS) is 11.6. The Morgan fingerprint density at radius 2 is 1.62 bits per heavy atom. The van der Waals surface area contributed by atoms with Crippen molar-refractivity contribution in [3.63, 3.8) is 0 Å². The summed E-state index contributed by atoms with van der Waals surface area (Å²) in [7, 11) is -3.71. The topological polar surface area (TPSA) is 70.6 Å². The molecular formula is C24H31ClFN3O3S2. The number of carbonyl (C=O) groups is 1. The van der Waals surface area contributed by atoms with E-state index in [4.69, 9.17) is 4.98 Å². The summed E-state index contributed by atoms with van der Waals surface area (Å²) in [5.74, 6) is -1.14. The van der Waals surface area contributed by atoms with Crippen LogP contribution in [0, 0.1) is 19.7 Å². The predicted molar refractivity (Wildman–Crippen MR) is 140 cm³/mol. The van der Waals surface area contributed by atoms with E-state index in [0.29, 0.717) is 18.2 Å². The van der Waals surface area contributed by atoms with Crippen LogP contribution in [0.1, 0.15) is 31.4 Å². The lowest BCUT2D eigenvalue weighted by atomic mass is 10.1. The number of benzene rings is 2. The summed E-state index contributed by atoms with van der Waals surface area (Å²) in [6.45, 7) is 10.9. The largest absolute Gasteiger partial charge is 0.302 e. The van der Waals surface area contributed by atoms with Gasteiger partial charge in [-0.1, -0.05) is 37.3 Å². The number of sulfone groups is 1. The van der Waals surface area contributed by atoms with Crippen LogP contribution in [-0.2, 0) is 14.6 Å². The molecule has 0 saturated heterocycles. The number of thiazole rings is 1. The highest BCUT2D eigenvalue weighted by Gasteiger charge is 2.24. The molecule has 0 bridgehead atoms. The lowest BCUT2D eigenvalue weighted by Gasteiger charge is -2.24. The standard InChI is InChI=1S/C24H30FN3O3S2.ClH/c1-5-27(6-2)14-15-28(24-26-22-17(3)7-8-18(4)23(22)32-24)21(29)13-16-33(30,31)20-11-9-19(25)10-12-20;/h7-12H,5-6,13-16H2,1-4H3;1H. The molecule has 0 atom stereocenters. The van der Waals surface area contributed by atoms with Gasteiger partial charge in [-0.25, -0.2) is 17.8 Å². The lowest BCUT2D eigenvalue weighted by molar-refractivity contribution is -0.118. The van der Waals surface area contributed by atoms with Gasteiger partial charge in [0.25, 0.3) is 0 Å². The van der Waals surface area contributed by atoms with Crippen LogP contribution in [0.25, 0.3) is 10.2 Å². The fourth-order valence-electron chi connectivity index (χ4n) is 3.59. The van der Waals surface area contributed by atoms with Crippen molar-refractivity contribution in [1.82, 2.24) is 9.88 Å². The Bertz CT molecular complexity index is 1190. The van der Waals surface area contributed by atoms with E-state index >= 15 is 0 Å². The zero-order valence-electron chi connectivity index (χ0n) is 19.9. The zero-order valence-corrected chi connectivity index (χ0v) is 22.3. The number of hydrogen-bond acceptors (Lipinski definition) is 6. The van der Waals surface area contributed by atoms with Gasteiger partial charge in [-0.15, -0.1) is 12.4 Å². The number of anilines is 1. The van der Waals surface area contributed by atoms with Gasteiger partial charge in [0.2, 0.25) is 5.91 Å². The first-order valence-corrected chi connectivity index (χ1v) is 13.5. The third-order valence-corrected chi connectivity index (χ3v) is 8.70. The SMILES string of the molecule is CCN(CC)CCN(C(=O)CCS(=O)(=O)c1ccc(F)cc1)c1nc2c(C)ccc(C)c2s1.Cl. The van der Waals surface area contributed by atoms with Crippen LogP contribution < -0.4 is 4.90 Å². The van der Waals surface area contributed by atoms with Crippen LogP contribution >= 0.6 is 23.7 Å². The van der Waals surface area contributed by atoms with Crippen molar-refractivity contribution in [3.05, 3.63) is 53.3 Å². The van der Waals surface area contributed by atoms with Crippen molar-refractivity contribution in [3.8, 4) is 0 Å². The molecule has 1 heterocycles. The highest BCUT2D eigenvalue weighted by Crippen LogP contribution is 2.33. The number of aromatic nitrogens is 1. The van der Waals surface area contributed by atoms with E-state index in [0.717, 1.165) is 46.6 Å². The van der Waals surface area contributed by atoms with Crippen molar-refractivity contribution < 1.29 is 17.6 Å². The molecule has 34 heavy (non-hydrogen) atoms. The van der Waals surface area contributed by atoms with Crippen molar-refractivity contribution in [2.45, 2.75) is 39.0 Å². The Morgan fingerprint density at radius 3 is 2.21 bits per heavy atom. The van der Waals surface area contributed by atoms with Gasteiger partial charge in [-0.2, -0.15) is 0 Å². The van der Waals surface area contributed by atoms with Crippen LogP contribution in [0.5, 0.6) is 0 Å². The molecule has 186 valence electrons. The van der Waals surface area contributed by atoms with Crippen LogP contribution in [0.15, 0.2) is 41.3 Å². The van der Waals surface area contributed by atoms with E-state index in [2.05, 4.69) is 18.7 Å². The molecular weight excluding hydrogens is 497 g/mol. The minimum absolute atomic E-state index is 0. The maximum absolute atomic E-state index is 13.3. The molecule has 3 rings (SSSR count). The summed E-state index contributed by atoms with van der Waals surface area (Å²) in [5.41, 5.74) is 3.00. The second-order valence-corrected chi connectivity index (χ2v) is 11.1. The first-order chi connectivity index (χ1) is 15.7. The maximum Gasteiger partial charge on any atom is 0.229 e. The fourth-order valence-corrected chi connectivity index (χ4v) is 5.97. The first kappa shape index (κ1) is 28.2. The summed E-state index contributed by atoms with van der Waals surface area (Å²) in [6.07, 6.45) is -0.175. The van der Waals surface area contributed by atoms with E-state index < -0.39 is 15.7 Å². The Kier molecular flexibility index (Phi) is 9.99. The molecule has 0 unspecified atom stereocenters. The minimum Gasteiger partial charge on any atom is -0.302 e. The smallest absolute Gasteiger partial charge is 0.229 e. The van der Waals surface area contributed by atoms with Gasteiger partial charge in [-0.05, 0) is 62.3 Å². The molecule has 0 aliphatic carbocycles. The molecule has 0 fully saturated rings. The molecule has 0 aliphatic rings. The number of likely N-dealkylation sites (N-methyl/N-ethyl adjacent to an activating group) is 1. The molecule has 3 aromatic rings. The second-order valence-electron chi connectivity index (χ2n) is 7.97. The second kappa shape index (κ2) is 12.1. The number of hydrogen-bond donors (Lipinski definition) is 0. The van der Waals surface area contributed by atoms with Crippen molar-refractivity contribution in [2.75, 3.05) is 36.8 Å². The number of fused-ring (bicyclic) bond motifs is 1. The molecule has 0 saturated carbocycles. The first-order valence-electron chi connectivity index (χ1n) is 11.0. The van der Waals surface area contributed by atoms with E-state index in [1.807, 2.05) is 26.0 Å². The van der Waals surface area contributed by atoms with Gasteiger partial charge < -0.3 is 4.90 Å². The third-order valence-electron chi connectivity index (χ3n) is 5.75. The zero-order chi connectivity index (χ0) is 24.2. The molecule has 0 N–H and O–H groups in total. The maximum atomic E-state index is 13.3. The number of halogens is 2. The fraction of sp³-hybridized carbons (Fsp3) is 0.417. The van der Waals surface area contributed by atoms with Crippen LogP contribution in [0.3, 0.4) is 0 Å².